The third-order valence-corrected chi connectivity index (χ3v) is 6.59. The van der Waals surface area contributed by atoms with Crippen molar-refractivity contribution in [2.45, 2.75) is 33.1 Å². The summed E-state index contributed by atoms with van der Waals surface area (Å²) >= 11 is 0. The summed E-state index contributed by atoms with van der Waals surface area (Å²) in [6.07, 6.45) is 0. The first-order valence-electron chi connectivity index (χ1n) is 12.7. The van der Waals surface area contributed by atoms with Crippen molar-refractivity contribution in [3.05, 3.63) is 53.3 Å². The van der Waals surface area contributed by atoms with Gasteiger partial charge in [0.25, 0.3) is 5.91 Å². The van der Waals surface area contributed by atoms with Gasteiger partial charge in [0.2, 0.25) is 0 Å². The van der Waals surface area contributed by atoms with Crippen molar-refractivity contribution in [3.63, 3.8) is 0 Å². The highest BCUT2D eigenvalue weighted by atomic mass is 16.5. The molecule has 1 fully saturated rings. The van der Waals surface area contributed by atoms with Crippen LogP contribution in [0.2, 0.25) is 0 Å². The number of rotatable bonds is 9. The van der Waals surface area contributed by atoms with E-state index in [-0.39, 0.29) is 17.0 Å². The smallest absolute Gasteiger partial charge is 0.278 e. The van der Waals surface area contributed by atoms with E-state index in [0.717, 1.165) is 38.4 Å². The Bertz CT molecular complexity index is 1260. The lowest BCUT2D eigenvalue weighted by molar-refractivity contribution is 0.0323. The first-order valence-corrected chi connectivity index (χ1v) is 12.7. The zero-order valence-electron chi connectivity index (χ0n) is 23.0. The maximum atomic E-state index is 13.4. The number of ether oxygens (including phenoxy) is 4. The molecule has 0 unspecified atom stereocenters. The molecule has 1 amide bonds. The van der Waals surface area contributed by atoms with Crippen molar-refractivity contribution in [1.82, 2.24) is 19.9 Å². The number of carbonyl (C=O) groups is 1. The summed E-state index contributed by atoms with van der Waals surface area (Å²) in [5, 5.41) is 11.4. The zero-order valence-corrected chi connectivity index (χ0v) is 23.0. The molecule has 0 radical (unpaired) electrons. The first kappa shape index (κ1) is 27.4. The Balaban J connectivity index is 1.57. The molecule has 10 heteroatoms. The fourth-order valence-electron chi connectivity index (χ4n) is 4.24. The standard InChI is InChI=1S/C28H37N5O5/c1-19-26(30-31-33(19)23-18-21(35-5)8-10-25(23)36-6)27(34)29-22-17-20(28(2,3)4)7-9-24(22)38-16-13-32-11-14-37-15-12-32/h7-10,17-18H,11-16H2,1-6H3,(H,29,34). The van der Waals surface area contributed by atoms with Gasteiger partial charge in [0.05, 0.1) is 38.8 Å². The van der Waals surface area contributed by atoms with Crippen LogP contribution in [0.4, 0.5) is 5.69 Å². The quantitative estimate of drug-likeness (QED) is 0.452. The monoisotopic (exact) mass is 523 g/mol. The summed E-state index contributed by atoms with van der Waals surface area (Å²) < 4.78 is 24.0. The highest BCUT2D eigenvalue weighted by Gasteiger charge is 2.23. The molecular formula is C28H37N5O5. The van der Waals surface area contributed by atoms with Crippen molar-refractivity contribution in [2.24, 2.45) is 0 Å². The molecule has 10 nitrogen and oxygen atoms in total. The van der Waals surface area contributed by atoms with Crippen LogP contribution in [0, 0.1) is 6.92 Å². The number of methoxy groups -OCH3 is 2. The van der Waals surface area contributed by atoms with Gasteiger partial charge in [0.15, 0.2) is 5.69 Å². The number of hydrogen-bond acceptors (Lipinski definition) is 8. The highest BCUT2D eigenvalue weighted by Crippen LogP contribution is 2.33. The Morgan fingerprint density at radius 1 is 1.05 bits per heavy atom. The van der Waals surface area contributed by atoms with E-state index in [2.05, 4.69) is 41.3 Å². The van der Waals surface area contributed by atoms with Crippen molar-refractivity contribution in [2.75, 3.05) is 59.0 Å². The minimum atomic E-state index is -0.375. The van der Waals surface area contributed by atoms with E-state index in [9.17, 15) is 4.79 Å². The minimum absolute atomic E-state index is 0.103. The average Bonchev–Trinajstić information content (AvgIpc) is 3.30. The minimum Gasteiger partial charge on any atom is -0.497 e. The number of amides is 1. The van der Waals surface area contributed by atoms with Crippen molar-refractivity contribution in [1.29, 1.82) is 0 Å². The average molecular weight is 524 g/mol. The summed E-state index contributed by atoms with van der Waals surface area (Å²) in [5.74, 6) is 1.46. The predicted molar refractivity (Wildman–Crippen MR) is 145 cm³/mol. The summed E-state index contributed by atoms with van der Waals surface area (Å²) in [6.45, 7) is 12.7. The molecule has 1 aromatic heterocycles. The molecule has 1 aliphatic rings. The van der Waals surface area contributed by atoms with Crippen LogP contribution in [0.5, 0.6) is 17.2 Å². The van der Waals surface area contributed by atoms with Crippen LogP contribution >= 0.6 is 0 Å². The number of hydrogen-bond donors (Lipinski definition) is 1. The van der Waals surface area contributed by atoms with Gasteiger partial charge >= 0.3 is 0 Å². The molecular weight excluding hydrogens is 486 g/mol. The number of benzene rings is 2. The van der Waals surface area contributed by atoms with E-state index in [1.54, 1.807) is 44.0 Å². The van der Waals surface area contributed by atoms with Gasteiger partial charge in [-0.25, -0.2) is 4.68 Å². The van der Waals surface area contributed by atoms with Crippen molar-refractivity contribution < 1.29 is 23.7 Å². The molecule has 3 aromatic rings. The maximum Gasteiger partial charge on any atom is 0.278 e. The third kappa shape index (κ3) is 6.25. The molecule has 2 aromatic carbocycles. The summed E-state index contributed by atoms with van der Waals surface area (Å²) in [5.41, 5.74) is 2.96. The molecule has 4 rings (SSSR count). The number of anilines is 1. The summed E-state index contributed by atoms with van der Waals surface area (Å²) in [7, 11) is 3.17. The fraction of sp³-hybridized carbons (Fsp3) is 0.464. The third-order valence-electron chi connectivity index (χ3n) is 6.59. The molecule has 0 aliphatic carbocycles. The number of nitrogens with one attached hydrogen (secondary N) is 1. The van der Waals surface area contributed by atoms with E-state index in [0.29, 0.717) is 40.9 Å². The molecule has 0 bridgehead atoms. The van der Waals surface area contributed by atoms with Gasteiger partial charge in [0, 0.05) is 25.7 Å². The van der Waals surface area contributed by atoms with Gasteiger partial charge in [-0.3, -0.25) is 9.69 Å². The van der Waals surface area contributed by atoms with Crippen molar-refractivity contribution >= 4 is 11.6 Å². The van der Waals surface area contributed by atoms with Gasteiger partial charge < -0.3 is 24.3 Å². The van der Waals surface area contributed by atoms with Gasteiger partial charge in [-0.15, -0.1) is 5.10 Å². The van der Waals surface area contributed by atoms with Gasteiger partial charge in [-0.1, -0.05) is 32.1 Å². The Hall–Kier alpha value is -3.63. The van der Waals surface area contributed by atoms with Gasteiger partial charge in [0.1, 0.15) is 29.5 Å². The van der Waals surface area contributed by atoms with Gasteiger partial charge in [-0.2, -0.15) is 0 Å². The molecule has 0 saturated carbocycles. The molecule has 2 heterocycles. The molecule has 204 valence electrons. The number of aromatic nitrogens is 3. The van der Waals surface area contributed by atoms with E-state index in [1.165, 1.54) is 0 Å². The summed E-state index contributed by atoms with van der Waals surface area (Å²) in [4.78, 5) is 15.7. The van der Waals surface area contributed by atoms with E-state index >= 15 is 0 Å². The first-order chi connectivity index (χ1) is 18.2. The van der Waals surface area contributed by atoms with Crippen LogP contribution in [0.3, 0.4) is 0 Å². The van der Waals surface area contributed by atoms with Crippen LogP contribution < -0.4 is 19.5 Å². The topological polar surface area (TPSA) is 100.0 Å². The second kappa shape index (κ2) is 11.8. The number of morpholine rings is 1. The Labute approximate surface area is 223 Å². The predicted octanol–water partition coefficient (Wildman–Crippen LogP) is 3.85. The number of carbonyl (C=O) groups excluding carboxylic acids is 1. The largest absolute Gasteiger partial charge is 0.497 e. The van der Waals surface area contributed by atoms with Crippen LogP contribution in [0.15, 0.2) is 36.4 Å². The fourth-order valence-corrected chi connectivity index (χ4v) is 4.24. The van der Waals surface area contributed by atoms with E-state index < -0.39 is 0 Å². The lowest BCUT2D eigenvalue weighted by Gasteiger charge is -2.26. The lowest BCUT2D eigenvalue weighted by Crippen LogP contribution is -2.38. The maximum absolute atomic E-state index is 13.4. The van der Waals surface area contributed by atoms with Crippen LogP contribution in [0.1, 0.15) is 42.5 Å². The lowest BCUT2D eigenvalue weighted by atomic mass is 9.87. The van der Waals surface area contributed by atoms with Crippen LogP contribution in [-0.4, -0.2) is 79.5 Å². The molecule has 1 N–H and O–H groups in total. The molecule has 0 spiro atoms. The highest BCUT2D eigenvalue weighted by molar-refractivity contribution is 6.04. The Morgan fingerprint density at radius 3 is 2.47 bits per heavy atom. The molecule has 38 heavy (non-hydrogen) atoms. The van der Waals surface area contributed by atoms with Crippen LogP contribution in [-0.2, 0) is 10.2 Å². The zero-order chi connectivity index (χ0) is 27.3. The Morgan fingerprint density at radius 2 is 1.79 bits per heavy atom. The second-order valence-corrected chi connectivity index (χ2v) is 10.2. The normalized spacial score (nSPS) is 14.3. The Kier molecular flexibility index (Phi) is 8.53. The summed E-state index contributed by atoms with van der Waals surface area (Å²) in [6, 6.07) is 11.3. The SMILES string of the molecule is COc1ccc(OC)c(-n2nnc(C(=O)Nc3cc(C(C)(C)C)ccc3OCCN3CCOCC3)c2C)c1. The van der Waals surface area contributed by atoms with Gasteiger partial charge in [-0.05, 0) is 42.2 Å². The molecule has 1 aliphatic heterocycles. The molecule has 0 atom stereocenters. The van der Waals surface area contributed by atoms with Crippen LogP contribution in [0.25, 0.3) is 5.69 Å². The van der Waals surface area contributed by atoms with E-state index in [1.807, 2.05) is 18.2 Å². The van der Waals surface area contributed by atoms with Crippen molar-refractivity contribution in [3.8, 4) is 22.9 Å². The van der Waals surface area contributed by atoms with E-state index in [4.69, 9.17) is 18.9 Å². The number of nitrogens with zero attached hydrogens (tertiary/aromatic N) is 4. The second-order valence-electron chi connectivity index (χ2n) is 10.2. The molecule has 1 saturated heterocycles.